The molecular weight excluding hydrogens is 138 g/mol. The van der Waals surface area contributed by atoms with Crippen molar-refractivity contribution in [2.24, 2.45) is 0 Å². The van der Waals surface area contributed by atoms with E-state index in [2.05, 4.69) is 11.6 Å². The minimum Gasteiger partial charge on any atom is -0.496 e. The zero-order valence-corrected chi connectivity index (χ0v) is 6.79. The zero-order chi connectivity index (χ0) is 8.27. The highest BCUT2D eigenvalue weighted by atomic mass is 16.5. The predicted octanol–water partition coefficient (Wildman–Crippen LogP) is 2.04. The molecule has 0 saturated carbocycles. The van der Waals surface area contributed by atoms with Gasteiger partial charge < -0.3 is 4.74 Å². The number of hydrogen-bond acceptors (Lipinski definition) is 2. The van der Waals surface area contributed by atoms with Crippen LogP contribution in [0.15, 0.2) is 18.8 Å². The van der Waals surface area contributed by atoms with Crippen molar-refractivity contribution in [2.45, 2.75) is 6.92 Å². The molecule has 0 aliphatic heterocycles. The smallest absolute Gasteiger partial charge is 0.125 e. The number of aryl methyl sites for hydroxylation is 1. The summed E-state index contributed by atoms with van der Waals surface area (Å²) in [4.78, 5) is 4.11. The number of rotatable bonds is 2. The molecule has 1 rings (SSSR count). The molecule has 0 spiro atoms. The average Bonchev–Trinajstić information content (AvgIpc) is 2.05. The lowest BCUT2D eigenvalue weighted by Crippen LogP contribution is -1.89. The van der Waals surface area contributed by atoms with Crippen molar-refractivity contribution in [2.75, 3.05) is 7.11 Å². The molecule has 0 aliphatic carbocycles. The molecule has 0 saturated heterocycles. The Morgan fingerprint density at radius 1 is 1.64 bits per heavy atom. The lowest BCUT2D eigenvalue weighted by Gasteiger charge is -2.03. The maximum atomic E-state index is 5.10. The van der Waals surface area contributed by atoms with Crippen LogP contribution in [0.4, 0.5) is 0 Å². The van der Waals surface area contributed by atoms with E-state index in [4.69, 9.17) is 4.74 Å². The first-order valence-corrected chi connectivity index (χ1v) is 3.41. The van der Waals surface area contributed by atoms with Crippen molar-refractivity contribution in [1.29, 1.82) is 0 Å². The van der Waals surface area contributed by atoms with Gasteiger partial charge in [0.25, 0.3) is 0 Å². The molecule has 0 amide bonds. The highest BCUT2D eigenvalue weighted by Crippen LogP contribution is 2.16. The Bertz CT molecular complexity index is 268. The molecule has 2 nitrogen and oxygen atoms in total. The van der Waals surface area contributed by atoms with E-state index in [1.54, 1.807) is 19.4 Å². The van der Waals surface area contributed by atoms with Gasteiger partial charge in [0.2, 0.25) is 0 Å². The fourth-order valence-electron chi connectivity index (χ4n) is 0.852. The summed E-state index contributed by atoms with van der Waals surface area (Å²) < 4.78 is 5.10. The Hall–Kier alpha value is -1.31. The van der Waals surface area contributed by atoms with Gasteiger partial charge in [-0.25, -0.2) is 0 Å². The second kappa shape index (κ2) is 3.19. The van der Waals surface area contributed by atoms with Gasteiger partial charge in [-0.1, -0.05) is 6.58 Å². The third-order valence-electron chi connectivity index (χ3n) is 1.50. The van der Waals surface area contributed by atoms with Crippen LogP contribution in [0, 0.1) is 6.92 Å². The summed E-state index contributed by atoms with van der Waals surface area (Å²) in [7, 11) is 1.65. The minimum atomic E-state index is 0.840. The molecule has 0 unspecified atom stereocenters. The van der Waals surface area contributed by atoms with E-state index < -0.39 is 0 Å². The Morgan fingerprint density at radius 3 is 2.91 bits per heavy atom. The summed E-state index contributed by atoms with van der Waals surface area (Å²) in [5.74, 6) is 0.856. The summed E-state index contributed by atoms with van der Waals surface area (Å²) in [5, 5.41) is 0. The van der Waals surface area contributed by atoms with Crippen molar-refractivity contribution in [3.05, 3.63) is 30.1 Å². The molecular formula is C9H11NO. The van der Waals surface area contributed by atoms with Crippen LogP contribution >= 0.6 is 0 Å². The lowest BCUT2D eigenvalue weighted by atomic mass is 10.2. The van der Waals surface area contributed by atoms with E-state index in [1.165, 1.54) is 0 Å². The van der Waals surface area contributed by atoms with Crippen LogP contribution in [0.5, 0.6) is 5.75 Å². The van der Waals surface area contributed by atoms with Gasteiger partial charge in [-0.2, -0.15) is 0 Å². The molecule has 1 aromatic rings. The summed E-state index contributed by atoms with van der Waals surface area (Å²) in [6.07, 6.45) is 3.47. The second-order valence-corrected chi connectivity index (χ2v) is 2.28. The first-order chi connectivity index (χ1) is 5.27. The van der Waals surface area contributed by atoms with Crippen molar-refractivity contribution in [3.63, 3.8) is 0 Å². The van der Waals surface area contributed by atoms with E-state index in [0.29, 0.717) is 0 Å². The molecule has 0 aliphatic rings. The third-order valence-corrected chi connectivity index (χ3v) is 1.50. The number of nitrogens with zero attached hydrogens (tertiary/aromatic N) is 1. The van der Waals surface area contributed by atoms with Crippen LogP contribution in [0.3, 0.4) is 0 Å². The molecule has 0 bridgehead atoms. The number of ether oxygens (including phenoxy) is 1. The van der Waals surface area contributed by atoms with Crippen LogP contribution in [0.1, 0.15) is 11.3 Å². The Kier molecular flexibility index (Phi) is 2.26. The zero-order valence-electron chi connectivity index (χ0n) is 6.79. The van der Waals surface area contributed by atoms with E-state index in [-0.39, 0.29) is 0 Å². The number of pyridine rings is 1. The second-order valence-electron chi connectivity index (χ2n) is 2.28. The molecule has 58 valence electrons. The predicted molar refractivity (Wildman–Crippen MR) is 45.6 cm³/mol. The first-order valence-electron chi connectivity index (χ1n) is 3.41. The van der Waals surface area contributed by atoms with Gasteiger partial charge in [-0.3, -0.25) is 4.98 Å². The van der Waals surface area contributed by atoms with Crippen LogP contribution in [-0.4, -0.2) is 12.1 Å². The SMILES string of the molecule is C=Cc1cc(OC)c(C)cn1. The molecule has 0 N–H and O–H groups in total. The van der Waals surface area contributed by atoms with E-state index in [9.17, 15) is 0 Å². The molecule has 0 fully saturated rings. The number of hydrogen-bond donors (Lipinski definition) is 0. The summed E-state index contributed by atoms with van der Waals surface area (Å²) in [5.41, 5.74) is 1.88. The molecule has 0 aromatic carbocycles. The van der Waals surface area contributed by atoms with E-state index in [1.807, 2.05) is 13.0 Å². The molecule has 0 atom stereocenters. The van der Waals surface area contributed by atoms with Gasteiger partial charge >= 0.3 is 0 Å². The largest absolute Gasteiger partial charge is 0.496 e. The fourth-order valence-corrected chi connectivity index (χ4v) is 0.852. The van der Waals surface area contributed by atoms with Crippen LogP contribution < -0.4 is 4.74 Å². The molecule has 11 heavy (non-hydrogen) atoms. The summed E-state index contributed by atoms with van der Waals surface area (Å²) in [6.45, 7) is 5.57. The normalized spacial score (nSPS) is 9.27. The van der Waals surface area contributed by atoms with Gasteiger partial charge in [0, 0.05) is 17.8 Å². The van der Waals surface area contributed by atoms with Crippen LogP contribution in [0.25, 0.3) is 6.08 Å². The Balaban J connectivity index is 3.12. The summed E-state index contributed by atoms with van der Waals surface area (Å²) >= 11 is 0. The first kappa shape index (κ1) is 7.79. The van der Waals surface area contributed by atoms with Gasteiger partial charge in [0.1, 0.15) is 5.75 Å². The van der Waals surface area contributed by atoms with Gasteiger partial charge in [0.05, 0.1) is 12.8 Å². The number of aromatic nitrogens is 1. The molecule has 2 heteroatoms. The van der Waals surface area contributed by atoms with E-state index >= 15 is 0 Å². The molecule has 1 aromatic heterocycles. The van der Waals surface area contributed by atoms with E-state index in [0.717, 1.165) is 17.0 Å². The number of methoxy groups -OCH3 is 1. The monoisotopic (exact) mass is 149 g/mol. The van der Waals surface area contributed by atoms with Crippen LogP contribution in [-0.2, 0) is 0 Å². The maximum absolute atomic E-state index is 5.10. The average molecular weight is 149 g/mol. The van der Waals surface area contributed by atoms with Crippen molar-refractivity contribution in [1.82, 2.24) is 4.98 Å². The van der Waals surface area contributed by atoms with Crippen LogP contribution in [0.2, 0.25) is 0 Å². The lowest BCUT2D eigenvalue weighted by molar-refractivity contribution is 0.411. The highest BCUT2D eigenvalue weighted by Gasteiger charge is 1.97. The standard InChI is InChI=1S/C9H11NO/c1-4-8-5-9(11-3)7(2)6-10-8/h4-6H,1H2,2-3H3. The topological polar surface area (TPSA) is 22.1 Å². The molecule has 1 heterocycles. The van der Waals surface area contributed by atoms with Crippen molar-refractivity contribution in [3.8, 4) is 5.75 Å². The Morgan fingerprint density at radius 2 is 2.36 bits per heavy atom. The third kappa shape index (κ3) is 1.58. The van der Waals surface area contributed by atoms with Gasteiger partial charge in [0.15, 0.2) is 0 Å². The fraction of sp³-hybridized carbons (Fsp3) is 0.222. The molecule has 0 radical (unpaired) electrons. The van der Waals surface area contributed by atoms with Crippen molar-refractivity contribution >= 4 is 6.08 Å². The van der Waals surface area contributed by atoms with Gasteiger partial charge in [-0.15, -0.1) is 0 Å². The quantitative estimate of drug-likeness (QED) is 0.642. The minimum absolute atomic E-state index is 0.840. The van der Waals surface area contributed by atoms with Crippen molar-refractivity contribution < 1.29 is 4.74 Å². The van der Waals surface area contributed by atoms with Gasteiger partial charge in [-0.05, 0) is 13.0 Å². The Labute approximate surface area is 66.5 Å². The summed E-state index contributed by atoms with van der Waals surface area (Å²) in [6, 6.07) is 1.86. The highest BCUT2D eigenvalue weighted by molar-refractivity contribution is 5.46. The maximum Gasteiger partial charge on any atom is 0.125 e.